The number of aliphatic hydroxyl groups is 1. The molecular formula is C56H101O11P. The van der Waals surface area contributed by atoms with E-state index < -0.39 is 57.8 Å². The normalized spacial score (nSPS) is 13.8. The van der Waals surface area contributed by atoms with E-state index in [2.05, 4.69) is 69.4 Å². The molecule has 0 aromatic heterocycles. The predicted molar refractivity (Wildman–Crippen MR) is 279 cm³/mol. The standard InChI is InChI=1S/C56H101O11P/c1-4-7-10-13-16-19-22-24-25-26-27-29-32-35-38-41-44-47-56(60)67-53(49-63-54(58)45-42-39-36-33-30-21-18-15-12-9-6-3)51-65-68(61,62)64-50-52(48-57)66-55(59)46-43-40-37-34-31-28-23-20-17-14-11-8-5-2/h11,14-15,18,20,23-25,52-53,57H,4-10,12-13,16-17,19,21-22,26-51H2,1-3H3,(H,61,62)/b14-11-,18-15-,23-20-,25-24-. The van der Waals surface area contributed by atoms with Crippen LogP contribution >= 0.6 is 7.82 Å². The van der Waals surface area contributed by atoms with Crippen LogP contribution in [0.3, 0.4) is 0 Å². The van der Waals surface area contributed by atoms with Crippen molar-refractivity contribution in [1.29, 1.82) is 0 Å². The smallest absolute Gasteiger partial charge is 0.462 e. The summed E-state index contributed by atoms with van der Waals surface area (Å²) in [7, 11) is -4.75. The van der Waals surface area contributed by atoms with Gasteiger partial charge in [0.2, 0.25) is 0 Å². The minimum atomic E-state index is -4.75. The van der Waals surface area contributed by atoms with Gasteiger partial charge in [-0.05, 0) is 89.9 Å². The van der Waals surface area contributed by atoms with Crippen molar-refractivity contribution >= 4 is 25.7 Å². The lowest BCUT2D eigenvalue weighted by atomic mass is 10.1. The van der Waals surface area contributed by atoms with Gasteiger partial charge in [-0.2, -0.15) is 0 Å². The highest BCUT2D eigenvalue weighted by Crippen LogP contribution is 2.43. The Bertz CT molecular complexity index is 1330. The first-order chi connectivity index (χ1) is 33.2. The van der Waals surface area contributed by atoms with Gasteiger partial charge in [0.1, 0.15) is 12.7 Å². The number of unbranched alkanes of at least 4 members (excludes halogenated alkanes) is 26. The number of rotatable bonds is 51. The van der Waals surface area contributed by atoms with Crippen molar-refractivity contribution in [3.63, 3.8) is 0 Å². The molecule has 12 heteroatoms. The monoisotopic (exact) mass is 981 g/mol. The number of phosphoric ester groups is 1. The first-order valence-electron chi connectivity index (χ1n) is 27.5. The molecule has 0 heterocycles. The van der Waals surface area contributed by atoms with Gasteiger partial charge in [-0.15, -0.1) is 0 Å². The fourth-order valence-electron chi connectivity index (χ4n) is 7.43. The topological polar surface area (TPSA) is 155 Å². The summed E-state index contributed by atoms with van der Waals surface area (Å²) < 4.78 is 39.4. The molecule has 68 heavy (non-hydrogen) atoms. The molecule has 0 rings (SSSR count). The number of hydrogen-bond acceptors (Lipinski definition) is 10. The van der Waals surface area contributed by atoms with Crippen molar-refractivity contribution < 1.29 is 52.2 Å². The molecule has 11 nitrogen and oxygen atoms in total. The summed E-state index contributed by atoms with van der Waals surface area (Å²) in [6.45, 7) is 4.51. The Kier molecular flexibility index (Phi) is 48.9. The number of allylic oxidation sites excluding steroid dienone is 8. The Morgan fingerprint density at radius 3 is 1.21 bits per heavy atom. The number of ether oxygens (including phenoxy) is 3. The van der Waals surface area contributed by atoms with Gasteiger partial charge in [0.05, 0.1) is 19.8 Å². The minimum absolute atomic E-state index is 0.161. The fourth-order valence-corrected chi connectivity index (χ4v) is 8.21. The van der Waals surface area contributed by atoms with Crippen LogP contribution in [0.5, 0.6) is 0 Å². The molecule has 0 bridgehead atoms. The van der Waals surface area contributed by atoms with Crippen molar-refractivity contribution in [2.45, 2.75) is 264 Å². The van der Waals surface area contributed by atoms with Crippen molar-refractivity contribution in [2.24, 2.45) is 0 Å². The molecule has 0 aromatic rings. The molecule has 0 fully saturated rings. The maximum Gasteiger partial charge on any atom is 0.472 e. The van der Waals surface area contributed by atoms with Crippen molar-refractivity contribution in [3.05, 3.63) is 48.6 Å². The first-order valence-corrected chi connectivity index (χ1v) is 29.0. The highest BCUT2D eigenvalue weighted by atomic mass is 31.2. The summed E-state index contributed by atoms with van der Waals surface area (Å²) in [5.74, 6) is -1.49. The molecule has 0 saturated heterocycles. The SMILES string of the molecule is CCC/C=C\C/C=C\CCCCCCCC(=O)OC(CO)COP(=O)(O)OCC(COC(=O)CCCCCCC/C=C\CCCC)OC(=O)CCCCCCCCC/C=C\CCCCCCCC. The number of aliphatic hydroxyl groups excluding tert-OH is 1. The molecule has 0 radical (unpaired) electrons. The van der Waals surface area contributed by atoms with E-state index in [1.165, 1.54) is 83.5 Å². The second kappa shape index (κ2) is 50.8. The van der Waals surface area contributed by atoms with Crippen LogP contribution in [0.1, 0.15) is 252 Å². The summed E-state index contributed by atoms with van der Waals surface area (Å²) in [6.07, 6.45) is 52.2. The van der Waals surface area contributed by atoms with Crippen molar-refractivity contribution in [1.82, 2.24) is 0 Å². The third-order valence-corrected chi connectivity index (χ3v) is 12.6. The molecule has 3 unspecified atom stereocenters. The van der Waals surface area contributed by atoms with Crippen LogP contribution in [0.15, 0.2) is 48.6 Å². The molecule has 0 spiro atoms. The van der Waals surface area contributed by atoms with Crippen molar-refractivity contribution in [2.75, 3.05) is 26.4 Å². The number of carbonyl (C=O) groups is 3. The van der Waals surface area contributed by atoms with Crippen LogP contribution in [0.4, 0.5) is 0 Å². The van der Waals surface area contributed by atoms with Gasteiger partial charge in [-0.25, -0.2) is 4.57 Å². The van der Waals surface area contributed by atoms with Crippen LogP contribution < -0.4 is 0 Å². The molecule has 0 aliphatic heterocycles. The lowest BCUT2D eigenvalue weighted by molar-refractivity contribution is -0.161. The highest BCUT2D eigenvalue weighted by Gasteiger charge is 2.28. The molecule has 2 N–H and O–H groups in total. The van der Waals surface area contributed by atoms with E-state index in [1.54, 1.807) is 0 Å². The van der Waals surface area contributed by atoms with Gasteiger partial charge in [0.25, 0.3) is 0 Å². The average Bonchev–Trinajstić information content (AvgIpc) is 3.32. The van der Waals surface area contributed by atoms with E-state index >= 15 is 0 Å². The van der Waals surface area contributed by atoms with Gasteiger partial charge < -0.3 is 24.2 Å². The Morgan fingerprint density at radius 1 is 0.412 bits per heavy atom. The highest BCUT2D eigenvalue weighted by molar-refractivity contribution is 7.47. The molecule has 3 atom stereocenters. The van der Waals surface area contributed by atoms with E-state index in [1.807, 2.05) is 0 Å². The van der Waals surface area contributed by atoms with Crippen LogP contribution in [-0.2, 0) is 42.2 Å². The van der Waals surface area contributed by atoms with Crippen LogP contribution in [0.25, 0.3) is 0 Å². The molecule has 0 amide bonds. The molecule has 0 saturated carbocycles. The summed E-state index contributed by atoms with van der Waals surface area (Å²) in [4.78, 5) is 48.4. The van der Waals surface area contributed by atoms with E-state index in [4.69, 9.17) is 23.3 Å². The number of carbonyl (C=O) groups excluding carboxylic acids is 3. The summed E-state index contributed by atoms with van der Waals surface area (Å²) in [6, 6.07) is 0. The molecule has 0 aliphatic rings. The van der Waals surface area contributed by atoms with Gasteiger partial charge in [-0.3, -0.25) is 23.4 Å². The molecule has 396 valence electrons. The zero-order valence-corrected chi connectivity index (χ0v) is 44.5. The van der Waals surface area contributed by atoms with E-state index in [-0.39, 0.29) is 25.9 Å². The van der Waals surface area contributed by atoms with Gasteiger partial charge >= 0.3 is 25.7 Å². The Hall–Kier alpha value is -2.56. The quantitative estimate of drug-likeness (QED) is 0.0197. The maximum absolute atomic E-state index is 12.9. The van der Waals surface area contributed by atoms with Gasteiger partial charge in [0, 0.05) is 19.3 Å². The van der Waals surface area contributed by atoms with E-state index in [0.29, 0.717) is 19.3 Å². The van der Waals surface area contributed by atoms with E-state index in [0.717, 1.165) is 109 Å². The largest absolute Gasteiger partial charge is 0.472 e. The lowest BCUT2D eigenvalue weighted by Crippen LogP contribution is -2.30. The summed E-state index contributed by atoms with van der Waals surface area (Å²) in [5.41, 5.74) is 0. The zero-order valence-electron chi connectivity index (χ0n) is 43.6. The third-order valence-electron chi connectivity index (χ3n) is 11.7. The second-order valence-electron chi connectivity index (χ2n) is 18.4. The summed E-state index contributed by atoms with van der Waals surface area (Å²) >= 11 is 0. The van der Waals surface area contributed by atoms with Crippen molar-refractivity contribution in [3.8, 4) is 0 Å². The maximum atomic E-state index is 12.9. The van der Waals surface area contributed by atoms with Gasteiger partial charge in [0.15, 0.2) is 6.10 Å². The van der Waals surface area contributed by atoms with E-state index in [9.17, 15) is 28.9 Å². The third kappa shape index (κ3) is 48.5. The predicted octanol–water partition coefficient (Wildman–Crippen LogP) is 15.8. The number of esters is 3. The van der Waals surface area contributed by atoms with Crippen LogP contribution in [0, 0.1) is 0 Å². The first kappa shape index (κ1) is 65.4. The fraction of sp³-hybridized carbons (Fsp3) is 0.804. The average molecular weight is 981 g/mol. The molecular weight excluding hydrogens is 880 g/mol. The number of hydrogen-bond donors (Lipinski definition) is 2. The lowest BCUT2D eigenvalue weighted by Gasteiger charge is -2.21. The minimum Gasteiger partial charge on any atom is -0.462 e. The second-order valence-corrected chi connectivity index (χ2v) is 19.8. The molecule has 0 aromatic carbocycles. The summed E-state index contributed by atoms with van der Waals surface area (Å²) in [5, 5.41) is 9.78. The molecule has 0 aliphatic carbocycles. The number of phosphoric acid groups is 1. The zero-order chi connectivity index (χ0) is 49.9. The Balaban J connectivity index is 4.72. The van der Waals surface area contributed by atoms with Gasteiger partial charge in [-0.1, -0.05) is 191 Å². The Labute approximate surface area is 415 Å². The van der Waals surface area contributed by atoms with Crippen LogP contribution in [0.2, 0.25) is 0 Å². The Morgan fingerprint density at radius 2 is 0.765 bits per heavy atom. The van der Waals surface area contributed by atoms with Crippen LogP contribution in [-0.4, -0.2) is 66.5 Å².